The molecule has 0 heterocycles. The van der Waals surface area contributed by atoms with Crippen LogP contribution in [0.2, 0.25) is 0 Å². The Labute approximate surface area is 127 Å². The van der Waals surface area contributed by atoms with E-state index < -0.39 is 0 Å². The summed E-state index contributed by atoms with van der Waals surface area (Å²) in [5.74, 6) is 0.875. The van der Waals surface area contributed by atoms with E-state index >= 15 is 0 Å². The van der Waals surface area contributed by atoms with Crippen molar-refractivity contribution >= 4 is 10.8 Å². The molecule has 0 aliphatic heterocycles. The van der Waals surface area contributed by atoms with E-state index in [1.165, 1.54) is 23.6 Å². The molecule has 1 N–H and O–H groups in total. The number of aliphatic hydroxyl groups excluding tert-OH is 1. The van der Waals surface area contributed by atoms with E-state index in [0.29, 0.717) is 0 Å². The molecule has 2 nitrogen and oxygen atoms in total. The third-order valence-corrected chi connectivity index (χ3v) is 4.34. The molecule has 0 bridgehead atoms. The van der Waals surface area contributed by atoms with Gasteiger partial charge in [0.15, 0.2) is 0 Å². The molecule has 1 unspecified atom stereocenters. The predicted octanol–water partition coefficient (Wildman–Crippen LogP) is 4.00. The molecule has 0 aromatic heterocycles. The van der Waals surface area contributed by atoms with Crippen molar-refractivity contribution < 1.29 is 5.11 Å². The van der Waals surface area contributed by atoms with E-state index in [1.54, 1.807) is 0 Å². The quantitative estimate of drug-likeness (QED) is 0.830. The van der Waals surface area contributed by atoms with Crippen molar-refractivity contribution in [3.63, 3.8) is 0 Å². The van der Waals surface area contributed by atoms with E-state index in [4.69, 9.17) is 0 Å². The van der Waals surface area contributed by atoms with Gasteiger partial charge in [-0.2, -0.15) is 0 Å². The first-order chi connectivity index (χ1) is 10.3. The van der Waals surface area contributed by atoms with Crippen molar-refractivity contribution in [1.82, 2.24) is 4.90 Å². The first kappa shape index (κ1) is 14.6. The molecular formula is C19H25NO. The average molecular weight is 283 g/mol. The molecule has 2 aromatic carbocycles. The molecule has 1 atom stereocenters. The van der Waals surface area contributed by atoms with Crippen LogP contribution in [-0.4, -0.2) is 29.6 Å². The van der Waals surface area contributed by atoms with Gasteiger partial charge in [-0.3, -0.25) is 0 Å². The van der Waals surface area contributed by atoms with Crippen molar-refractivity contribution in [1.29, 1.82) is 0 Å². The van der Waals surface area contributed by atoms with Crippen LogP contribution in [0.4, 0.5) is 0 Å². The van der Waals surface area contributed by atoms with E-state index in [-0.39, 0.29) is 6.10 Å². The summed E-state index contributed by atoms with van der Waals surface area (Å²) in [5.41, 5.74) is 1.03. The van der Waals surface area contributed by atoms with Gasteiger partial charge in [-0.05, 0) is 54.1 Å². The molecule has 0 saturated heterocycles. The largest absolute Gasteiger partial charge is 0.387 e. The first-order valence-corrected chi connectivity index (χ1v) is 8.15. The van der Waals surface area contributed by atoms with Crippen molar-refractivity contribution in [3.05, 3.63) is 48.0 Å². The molecule has 1 aliphatic carbocycles. The highest BCUT2D eigenvalue weighted by Gasteiger charge is 2.25. The van der Waals surface area contributed by atoms with Gasteiger partial charge in [-0.25, -0.2) is 0 Å². The molecule has 0 radical (unpaired) electrons. The Balaban J connectivity index is 1.70. The monoisotopic (exact) mass is 283 g/mol. The Hall–Kier alpha value is -1.38. The lowest BCUT2D eigenvalue weighted by molar-refractivity contribution is 0.110. The van der Waals surface area contributed by atoms with E-state index in [9.17, 15) is 5.11 Å². The summed E-state index contributed by atoms with van der Waals surface area (Å²) < 4.78 is 0. The molecule has 2 heteroatoms. The van der Waals surface area contributed by atoms with Crippen LogP contribution in [-0.2, 0) is 0 Å². The normalized spacial score (nSPS) is 16.5. The van der Waals surface area contributed by atoms with Crippen LogP contribution in [0.3, 0.4) is 0 Å². The molecule has 1 saturated carbocycles. The number of hydrogen-bond acceptors (Lipinski definition) is 2. The molecule has 1 fully saturated rings. The number of aliphatic hydroxyl groups is 1. The molecule has 21 heavy (non-hydrogen) atoms. The third kappa shape index (κ3) is 3.84. The summed E-state index contributed by atoms with van der Waals surface area (Å²) in [6.07, 6.45) is 3.50. The molecular weight excluding hydrogens is 258 g/mol. The first-order valence-electron chi connectivity index (χ1n) is 8.15. The van der Waals surface area contributed by atoms with Gasteiger partial charge in [-0.1, -0.05) is 43.3 Å². The number of fused-ring (bicyclic) bond motifs is 1. The maximum Gasteiger partial charge on any atom is 0.0917 e. The summed E-state index contributed by atoms with van der Waals surface area (Å²) in [6.45, 7) is 5.20. The Kier molecular flexibility index (Phi) is 4.57. The van der Waals surface area contributed by atoms with Crippen LogP contribution in [0.5, 0.6) is 0 Å². The zero-order chi connectivity index (χ0) is 14.7. The summed E-state index contributed by atoms with van der Waals surface area (Å²) >= 11 is 0. The zero-order valence-corrected chi connectivity index (χ0v) is 12.8. The van der Waals surface area contributed by atoms with Crippen molar-refractivity contribution in [2.45, 2.75) is 32.3 Å². The second-order valence-corrected chi connectivity index (χ2v) is 6.33. The summed E-state index contributed by atoms with van der Waals surface area (Å²) in [4.78, 5) is 2.43. The van der Waals surface area contributed by atoms with Crippen LogP contribution in [0.25, 0.3) is 10.8 Å². The Morgan fingerprint density at radius 3 is 2.62 bits per heavy atom. The zero-order valence-electron chi connectivity index (χ0n) is 12.8. The Morgan fingerprint density at radius 1 is 1.14 bits per heavy atom. The van der Waals surface area contributed by atoms with E-state index in [1.807, 2.05) is 0 Å². The minimum atomic E-state index is -0.389. The van der Waals surface area contributed by atoms with Gasteiger partial charge in [0.1, 0.15) is 0 Å². The average Bonchev–Trinajstić information content (AvgIpc) is 3.31. The molecule has 1 aliphatic rings. The lowest BCUT2D eigenvalue weighted by Gasteiger charge is -2.25. The van der Waals surface area contributed by atoms with Crippen molar-refractivity contribution in [2.75, 3.05) is 19.6 Å². The number of hydrogen-bond donors (Lipinski definition) is 1. The third-order valence-electron chi connectivity index (χ3n) is 4.34. The number of nitrogens with zero attached hydrogens (tertiary/aromatic N) is 1. The fraction of sp³-hybridized carbons (Fsp3) is 0.474. The minimum Gasteiger partial charge on any atom is -0.387 e. The van der Waals surface area contributed by atoms with Crippen LogP contribution in [0.15, 0.2) is 42.5 Å². The fourth-order valence-electron chi connectivity index (χ4n) is 3.00. The van der Waals surface area contributed by atoms with Crippen LogP contribution < -0.4 is 0 Å². The van der Waals surface area contributed by atoms with Gasteiger partial charge in [0, 0.05) is 13.1 Å². The van der Waals surface area contributed by atoms with Crippen molar-refractivity contribution in [2.24, 2.45) is 5.92 Å². The van der Waals surface area contributed by atoms with E-state index in [2.05, 4.69) is 54.3 Å². The molecule has 0 spiro atoms. The van der Waals surface area contributed by atoms with Gasteiger partial charge in [0.2, 0.25) is 0 Å². The number of benzene rings is 2. The van der Waals surface area contributed by atoms with Gasteiger partial charge in [0.25, 0.3) is 0 Å². The van der Waals surface area contributed by atoms with E-state index in [0.717, 1.165) is 37.5 Å². The maximum atomic E-state index is 10.6. The summed E-state index contributed by atoms with van der Waals surface area (Å²) in [5, 5.41) is 13.0. The predicted molar refractivity (Wildman–Crippen MR) is 88.4 cm³/mol. The maximum absolute atomic E-state index is 10.6. The van der Waals surface area contributed by atoms with Crippen LogP contribution >= 0.6 is 0 Å². The van der Waals surface area contributed by atoms with Crippen molar-refractivity contribution in [3.8, 4) is 0 Å². The van der Waals surface area contributed by atoms with Gasteiger partial charge in [-0.15, -0.1) is 0 Å². The second-order valence-electron chi connectivity index (χ2n) is 6.33. The molecule has 0 amide bonds. The standard InChI is InChI=1S/C19H25NO/c1-2-11-20(13-15-7-8-15)14-19(21)18-10-9-16-5-3-4-6-17(16)12-18/h3-6,9-10,12,15,19,21H,2,7-8,11,13-14H2,1H3. The minimum absolute atomic E-state index is 0.389. The SMILES string of the molecule is CCCN(CC1CC1)CC(O)c1ccc2ccccc2c1. The molecule has 3 rings (SSSR count). The Bertz CT molecular complexity index is 591. The van der Waals surface area contributed by atoms with Gasteiger partial charge < -0.3 is 10.0 Å². The summed E-state index contributed by atoms with van der Waals surface area (Å²) in [7, 11) is 0. The molecule has 112 valence electrons. The lowest BCUT2D eigenvalue weighted by atomic mass is 10.0. The van der Waals surface area contributed by atoms with Gasteiger partial charge in [0.05, 0.1) is 6.10 Å². The van der Waals surface area contributed by atoms with Crippen LogP contribution in [0, 0.1) is 5.92 Å². The summed E-state index contributed by atoms with van der Waals surface area (Å²) in [6, 6.07) is 14.6. The highest BCUT2D eigenvalue weighted by atomic mass is 16.3. The molecule has 2 aromatic rings. The topological polar surface area (TPSA) is 23.5 Å². The fourth-order valence-corrected chi connectivity index (χ4v) is 3.00. The number of rotatable bonds is 7. The second kappa shape index (κ2) is 6.59. The Morgan fingerprint density at radius 2 is 1.90 bits per heavy atom. The highest BCUT2D eigenvalue weighted by Crippen LogP contribution is 2.30. The smallest absolute Gasteiger partial charge is 0.0917 e. The lowest BCUT2D eigenvalue weighted by Crippen LogP contribution is -2.31. The van der Waals surface area contributed by atoms with Crippen LogP contribution in [0.1, 0.15) is 37.9 Å². The highest BCUT2D eigenvalue weighted by molar-refractivity contribution is 5.83. The van der Waals surface area contributed by atoms with Gasteiger partial charge >= 0.3 is 0 Å².